The van der Waals surface area contributed by atoms with Crippen molar-refractivity contribution < 1.29 is 4.79 Å². The largest absolute Gasteiger partial charge is 0.384 e. The summed E-state index contributed by atoms with van der Waals surface area (Å²) in [6.07, 6.45) is 10.1. The molecule has 4 aromatic heterocycles. The van der Waals surface area contributed by atoms with E-state index in [1.807, 2.05) is 23.0 Å². The van der Waals surface area contributed by atoms with Gasteiger partial charge < -0.3 is 16.4 Å². The predicted octanol–water partition coefficient (Wildman–Crippen LogP) is 3.24. The van der Waals surface area contributed by atoms with Crippen molar-refractivity contribution in [1.82, 2.24) is 29.6 Å². The second-order valence-corrected chi connectivity index (χ2v) is 11.6. The van der Waals surface area contributed by atoms with E-state index in [2.05, 4.69) is 52.7 Å². The lowest BCUT2D eigenvalue weighted by Crippen LogP contribution is -2.36. The quantitative estimate of drug-likeness (QED) is 0.304. The lowest BCUT2D eigenvalue weighted by molar-refractivity contribution is -0.124. The summed E-state index contributed by atoms with van der Waals surface area (Å²) in [4.78, 5) is 35.9. The number of anilines is 2. The van der Waals surface area contributed by atoms with Gasteiger partial charge in [-0.15, -0.1) is 11.3 Å². The summed E-state index contributed by atoms with van der Waals surface area (Å²) in [5.41, 5.74) is 7.10. The Balaban J connectivity index is 1.19. The minimum absolute atomic E-state index is 0.0476. The lowest BCUT2D eigenvalue weighted by atomic mass is 10.1. The maximum atomic E-state index is 13.2. The number of hydrogen-bond acceptors (Lipinski definition) is 8. The van der Waals surface area contributed by atoms with E-state index in [-0.39, 0.29) is 17.0 Å². The molecule has 5 rings (SSSR count). The van der Waals surface area contributed by atoms with Crippen molar-refractivity contribution in [2.75, 3.05) is 17.6 Å². The van der Waals surface area contributed by atoms with Crippen LogP contribution in [0.15, 0.2) is 41.7 Å². The van der Waals surface area contributed by atoms with Gasteiger partial charge in [0.25, 0.3) is 5.56 Å². The summed E-state index contributed by atoms with van der Waals surface area (Å²) in [7, 11) is 0. The number of nitrogens with two attached hydrogens (primary N) is 1. The molecule has 11 heteroatoms. The van der Waals surface area contributed by atoms with Gasteiger partial charge in [-0.2, -0.15) is 5.10 Å². The van der Waals surface area contributed by atoms with Gasteiger partial charge in [0.05, 0.1) is 24.5 Å². The van der Waals surface area contributed by atoms with Crippen LogP contribution in [0.3, 0.4) is 0 Å². The summed E-state index contributed by atoms with van der Waals surface area (Å²) in [6.45, 7) is 7.36. The number of fused-ring (bicyclic) bond motifs is 2. The second-order valence-electron chi connectivity index (χ2n) is 10.4. The van der Waals surface area contributed by atoms with E-state index in [0.717, 1.165) is 33.4 Å². The van der Waals surface area contributed by atoms with E-state index in [4.69, 9.17) is 5.73 Å². The van der Waals surface area contributed by atoms with Gasteiger partial charge >= 0.3 is 0 Å². The van der Waals surface area contributed by atoms with Gasteiger partial charge in [-0.05, 0) is 57.7 Å². The van der Waals surface area contributed by atoms with Crippen molar-refractivity contribution in [3.05, 3.63) is 63.5 Å². The molecular weight excluding hydrogens is 488 g/mol. The minimum Gasteiger partial charge on any atom is -0.384 e. The second kappa shape index (κ2) is 9.97. The molecule has 10 nitrogen and oxygen atoms in total. The Bertz CT molecular complexity index is 1500. The Morgan fingerprint density at radius 2 is 2.05 bits per heavy atom. The topological polar surface area (TPSA) is 133 Å². The Hall–Kier alpha value is -3.73. The van der Waals surface area contributed by atoms with Crippen molar-refractivity contribution in [3.63, 3.8) is 0 Å². The zero-order chi connectivity index (χ0) is 26.2. The first-order valence-electron chi connectivity index (χ1n) is 12.5. The number of aryl methyl sites for hydroxylation is 2. The Kier molecular flexibility index (Phi) is 6.72. The molecule has 0 unspecified atom stereocenters. The van der Waals surface area contributed by atoms with Crippen LogP contribution in [-0.4, -0.2) is 36.8 Å². The van der Waals surface area contributed by atoms with Crippen molar-refractivity contribution in [1.29, 1.82) is 0 Å². The first-order valence-corrected chi connectivity index (χ1v) is 13.3. The summed E-state index contributed by atoms with van der Waals surface area (Å²) in [5.74, 6) is 0.944. The van der Waals surface area contributed by atoms with Crippen LogP contribution < -0.4 is 21.9 Å². The fourth-order valence-corrected chi connectivity index (χ4v) is 5.55. The Morgan fingerprint density at radius 1 is 1.22 bits per heavy atom. The number of carbonyl (C=O) groups excluding carboxylic acids is 1. The molecule has 4 N–H and O–H groups in total. The number of thiophene rings is 1. The molecule has 1 atom stereocenters. The summed E-state index contributed by atoms with van der Waals surface area (Å²) < 4.78 is 4.54. The van der Waals surface area contributed by atoms with Crippen molar-refractivity contribution >= 4 is 38.8 Å². The van der Waals surface area contributed by atoms with Crippen LogP contribution in [0, 0.1) is 0 Å². The van der Waals surface area contributed by atoms with Crippen LogP contribution in [0.25, 0.3) is 10.1 Å². The molecule has 0 spiro atoms. The van der Waals surface area contributed by atoms with Crippen LogP contribution in [0.4, 0.5) is 11.5 Å². The van der Waals surface area contributed by atoms with E-state index < -0.39 is 6.04 Å². The maximum Gasteiger partial charge on any atom is 0.277 e. The Labute approximate surface area is 218 Å². The van der Waals surface area contributed by atoms with Crippen LogP contribution in [0.1, 0.15) is 55.9 Å². The number of rotatable bonds is 8. The molecule has 0 saturated carbocycles. The number of hydrogen-bond donors (Lipinski definition) is 3. The summed E-state index contributed by atoms with van der Waals surface area (Å²) >= 11 is 1.57. The standard InChI is InChI=1S/C26H32N8O2S/c1-26(2,3)33-15-16(11-32-33)5-4-8-28-19-14-30-23-7-6-20(34(23)25(19)36)24(35)31-13-18-9-17-12-29-22(27)10-21(17)37-18/h9-12,14-15,20,28H,4-8,13H2,1-3H3,(H2,27,29)(H,31,35)/t20-/m0/s1. The van der Waals surface area contributed by atoms with Crippen molar-refractivity contribution in [2.24, 2.45) is 0 Å². The fraction of sp³-hybridized carbons (Fsp3) is 0.423. The highest BCUT2D eigenvalue weighted by molar-refractivity contribution is 7.19. The van der Waals surface area contributed by atoms with Crippen LogP contribution in [0.2, 0.25) is 0 Å². The van der Waals surface area contributed by atoms with Gasteiger partial charge in [-0.3, -0.25) is 18.8 Å². The van der Waals surface area contributed by atoms with Crippen molar-refractivity contribution in [2.45, 2.75) is 64.6 Å². The van der Waals surface area contributed by atoms with Gasteiger partial charge in [-0.25, -0.2) is 9.97 Å². The minimum atomic E-state index is -0.563. The highest BCUT2D eigenvalue weighted by atomic mass is 32.1. The molecule has 0 saturated heterocycles. The van der Waals surface area contributed by atoms with E-state index in [0.29, 0.717) is 43.3 Å². The normalized spacial score (nSPS) is 15.2. The van der Waals surface area contributed by atoms with Gasteiger partial charge in [0, 0.05) is 40.3 Å². The average Bonchev–Trinajstić information content (AvgIpc) is 3.59. The molecule has 0 aliphatic carbocycles. The number of pyridine rings is 1. The molecule has 37 heavy (non-hydrogen) atoms. The van der Waals surface area contributed by atoms with Gasteiger partial charge in [0.15, 0.2) is 0 Å². The highest BCUT2D eigenvalue weighted by Gasteiger charge is 2.31. The number of carbonyl (C=O) groups is 1. The first kappa shape index (κ1) is 24.9. The molecule has 4 aromatic rings. The zero-order valence-electron chi connectivity index (χ0n) is 21.3. The monoisotopic (exact) mass is 520 g/mol. The smallest absolute Gasteiger partial charge is 0.277 e. The van der Waals surface area contributed by atoms with Crippen LogP contribution in [-0.2, 0) is 29.7 Å². The lowest BCUT2D eigenvalue weighted by Gasteiger charge is -2.18. The number of aromatic nitrogens is 5. The highest BCUT2D eigenvalue weighted by Crippen LogP contribution is 2.27. The Morgan fingerprint density at radius 3 is 2.84 bits per heavy atom. The van der Waals surface area contributed by atoms with E-state index in [9.17, 15) is 9.59 Å². The molecule has 0 aromatic carbocycles. The number of nitrogen functional groups attached to an aromatic ring is 1. The molecule has 0 fully saturated rings. The molecule has 0 bridgehead atoms. The maximum absolute atomic E-state index is 13.2. The number of nitrogens with zero attached hydrogens (tertiary/aromatic N) is 5. The van der Waals surface area contributed by atoms with Crippen LogP contribution in [0.5, 0.6) is 0 Å². The number of amides is 1. The number of nitrogens with one attached hydrogen (secondary N) is 2. The van der Waals surface area contributed by atoms with Gasteiger partial charge in [0.2, 0.25) is 5.91 Å². The third-order valence-electron chi connectivity index (χ3n) is 6.52. The molecule has 1 aliphatic heterocycles. The SMILES string of the molecule is CC(C)(C)n1cc(CCCNc2cnc3n(c2=O)[C@H](C(=O)NCc2cc4cnc(N)cc4s2)CC3)cn1. The molecular formula is C26H32N8O2S. The first-order chi connectivity index (χ1) is 17.7. The van der Waals surface area contributed by atoms with E-state index in [1.165, 1.54) is 0 Å². The van der Waals surface area contributed by atoms with Crippen molar-refractivity contribution in [3.8, 4) is 0 Å². The zero-order valence-corrected chi connectivity index (χ0v) is 22.1. The average molecular weight is 521 g/mol. The molecule has 1 aliphatic rings. The summed E-state index contributed by atoms with van der Waals surface area (Å²) in [5, 5.41) is 11.6. The van der Waals surface area contributed by atoms with E-state index in [1.54, 1.807) is 28.3 Å². The molecule has 0 radical (unpaired) electrons. The van der Waals surface area contributed by atoms with Crippen LogP contribution >= 0.6 is 11.3 Å². The molecule has 194 valence electrons. The third kappa shape index (κ3) is 5.36. The molecule has 5 heterocycles. The van der Waals surface area contributed by atoms with E-state index >= 15 is 0 Å². The van der Waals surface area contributed by atoms with Gasteiger partial charge in [0.1, 0.15) is 23.4 Å². The molecule has 1 amide bonds. The summed E-state index contributed by atoms with van der Waals surface area (Å²) in [6, 6.07) is 3.27. The predicted molar refractivity (Wildman–Crippen MR) is 146 cm³/mol. The third-order valence-corrected chi connectivity index (χ3v) is 7.62. The fourth-order valence-electron chi connectivity index (χ4n) is 4.53. The van der Waals surface area contributed by atoms with Gasteiger partial charge in [-0.1, -0.05) is 0 Å².